The van der Waals surface area contributed by atoms with Crippen LogP contribution in [0.1, 0.15) is 5.82 Å². The molecule has 0 saturated carbocycles. The number of nitrogens with zero attached hydrogens (tertiary/aromatic N) is 3. The molecular weight excluding hydrogens is 264 g/mol. The summed E-state index contributed by atoms with van der Waals surface area (Å²) in [7, 11) is 3.18. The Morgan fingerprint density at radius 3 is 2.53 bits per heavy atom. The van der Waals surface area contributed by atoms with E-state index in [1.807, 2.05) is 13.0 Å². The topological polar surface area (TPSA) is 64.4 Å². The first-order valence-electron chi connectivity index (χ1n) is 5.65. The Kier molecular flexibility index (Phi) is 2.63. The smallest absolute Gasteiger partial charge is 0.221 e. The molecule has 0 radical (unpaired) electrons. The minimum absolute atomic E-state index is 0.426. The van der Waals surface area contributed by atoms with Gasteiger partial charge in [0.2, 0.25) is 4.77 Å². The zero-order valence-corrected chi connectivity index (χ0v) is 11.5. The number of aromatic amines is 1. The molecule has 7 heteroatoms. The van der Waals surface area contributed by atoms with Crippen molar-refractivity contribution in [1.29, 1.82) is 0 Å². The number of methoxy groups -OCH3 is 2. The maximum Gasteiger partial charge on any atom is 0.221 e. The lowest BCUT2D eigenvalue weighted by molar-refractivity contribution is 0.356. The molecule has 0 aliphatic heterocycles. The highest BCUT2D eigenvalue weighted by molar-refractivity contribution is 7.71. The molecule has 19 heavy (non-hydrogen) atoms. The van der Waals surface area contributed by atoms with Gasteiger partial charge in [0.1, 0.15) is 5.82 Å². The normalized spacial score (nSPS) is 11.1. The fraction of sp³-hybridized carbons (Fsp3) is 0.250. The average molecular weight is 276 g/mol. The van der Waals surface area contributed by atoms with Crippen LogP contribution in [0.4, 0.5) is 0 Å². The van der Waals surface area contributed by atoms with E-state index in [1.165, 1.54) is 0 Å². The molecule has 0 unspecified atom stereocenters. The van der Waals surface area contributed by atoms with Gasteiger partial charge in [-0.2, -0.15) is 0 Å². The third-order valence-electron chi connectivity index (χ3n) is 2.91. The summed E-state index contributed by atoms with van der Waals surface area (Å²) in [5, 5.41) is 3.91. The maximum absolute atomic E-state index is 5.30. The van der Waals surface area contributed by atoms with Crippen molar-refractivity contribution < 1.29 is 9.47 Å². The van der Waals surface area contributed by atoms with Gasteiger partial charge in [0.15, 0.2) is 17.1 Å². The van der Waals surface area contributed by atoms with E-state index in [9.17, 15) is 0 Å². The summed E-state index contributed by atoms with van der Waals surface area (Å²) in [5.41, 5.74) is 1.46. The summed E-state index contributed by atoms with van der Waals surface area (Å²) in [6.45, 7) is 1.87. The van der Waals surface area contributed by atoms with Crippen molar-refractivity contribution >= 4 is 28.8 Å². The number of ether oxygens (including phenoxy) is 2. The highest BCUT2D eigenvalue weighted by Gasteiger charge is 2.12. The van der Waals surface area contributed by atoms with Crippen LogP contribution in [0, 0.1) is 11.7 Å². The molecule has 0 atom stereocenters. The third kappa shape index (κ3) is 1.74. The Morgan fingerprint density at radius 2 is 1.84 bits per heavy atom. The van der Waals surface area contributed by atoms with Crippen molar-refractivity contribution in [2.45, 2.75) is 6.92 Å². The number of hydrogen-bond donors (Lipinski definition) is 1. The summed E-state index contributed by atoms with van der Waals surface area (Å²) < 4.78 is 12.7. The van der Waals surface area contributed by atoms with Crippen molar-refractivity contribution in [2.75, 3.05) is 14.2 Å². The number of aryl methyl sites for hydroxylation is 1. The van der Waals surface area contributed by atoms with Gasteiger partial charge < -0.3 is 9.47 Å². The zero-order chi connectivity index (χ0) is 13.6. The van der Waals surface area contributed by atoms with E-state index >= 15 is 0 Å². The van der Waals surface area contributed by atoms with Crippen molar-refractivity contribution in [3.63, 3.8) is 0 Å². The SMILES string of the molecule is COc1cc2nc(=S)n3[nH]c(C)nc3c2cc1OC. The first-order valence-corrected chi connectivity index (χ1v) is 6.06. The lowest BCUT2D eigenvalue weighted by Gasteiger charge is -2.08. The van der Waals surface area contributed by atoms with Gasteiger partial charge in [0, 0.05) is 11.5 Å². The van der Waals surface area contributed by atoms with E-state index in [-0.39, 0.29) is 0 Å². The Hall–Kier alpha value is -2.15. The summed E-state index contributed by atoms with van der Waals surface area (Å²) in [4.78, 5) is 8.81. The maximum atomic E-state index is 5.30. The van der Waals surface area contributed by atoms with E-state index in [2.05, 4.69) is 15.1 Å². The van der Waals surface area contributed by atoms with E-state index in [0.717, 1.165) is 22.4 Å². The third-order valence-corrected chi connectivity index (χ3v) is 3.18. The second kappa shape index (κ2) is 4.20. The molecule has 0 spiro atoms. The standard InChI is InChI=1S/C12H12N4O2S/c1-6-13-11-7-4-9(17-2)10(18-3)5-8(7)14-12(19)16(11)15-6/h4-5H,1-3H3,(H,13,15). The lowest BCUT2D eigenvalue weighted by Crippen LogP contribution is -1.97. The predicted octanol–water partition coefficient (Wildman–Crippen LogP) is 2.27. The second-order valence-electron chi connectivity index (χ2n) is 4.09. The van der Waals surface area contributed by atoms with Crippen LogP contribution in [-0.4, -0.2) is 33.8 Å². The van der Waals surface area contributed by atoms with Gasteiger partial charge in [-0.3, -0.25) is 5.10 Å². The van der Waals surface area contributed by atoms with Crippen molar-refractivity contribution in [1.82, 2.24) is 19.6 Å². The van der Waals surface area contributed by atoms with Gasteiger partial charge in [-0.05, 0) is 25.2 Å². The van der Waals surface area contributed by atoms with Gasteiger partial charge >= 0.3 is 0 Å². The number of aromatic nitrogens is 4. The molecule has 0 amide bonds. The van der Waals surface area contributed by atoms with Crippen molar-refractivity contribution in [3.05, 3.63) is 22.7 Å². The van der Waals surface area contributed by atoms with E-state index < -0.39 is 0 Å². The van der Waals surface area contributed by atoms with Crippen LogP contribution in [0.5, 0.6) is 11.5 Å². The highest BCUT2D eigenvalue weighted by Crippen LogP contribution is 2.32. The molecule has 2 aromatic heterocycles. The fourth-order valence-electron chi connectivity index (χ4n) is 2.06. The highest BCUT2D eigenvalue weighted by atomic mass is 32.1. The molecule has 0 fully saturated rings. The largest absolute Gasteiger partial charge is 0.493 e. The van der Waals surface area contributed by atoms with Gasteiger partial charge in [0.25, 0.3) is 0 Å². The van der Waals surface area contributed by atoms with Crippen LogP contribution < -0.4 is 9.47 Å². The molecule has 98 valence electrons. The zero-order valence-electron chi connectivity index (χ0n) is 10.7. The van der Waals surface area contributed by atoms with Crippen LogP contribution in [0.25, 0.3) is 16.6 Å². The molecule has 3 aromatic rings. The van der Waals surface area contributed by atoms with Crippen molar-refractivity contribution in [3.8, 4) is 11.5 Å². The molecule has 1 N–H and O–H groups in total. The Balaban J connectivity index is 2.50. The van der Waals surface area contributed by atoms with E-state index in [4.69, 9.17) is 21.7 Å². The quantitative estimate of drug-likeness (QED) is 0.727. The van der Waals surface area contributed by atoms with Gasteiger partial charge in [-0.25, -0.2) is 14.5 Å². The number of fused-ring (bicyclic) bond motifs is 3. The molecule has 6 nitrogen and oxygen atoms in total. The molecule has 3 rings (SSSR count). The van der Waals surface area contributed by atoms with Crippen LogP contribution in [0.3, 0.4) is 0 Å². The summed E-state index contributed by atoms with van der Waals surface area (Å²) >= 11 is 5.24. The van der Waals surface area contributed by atoms with Crippen LogP contribution >= 0.6 is 12.2 Å². The first-order chi connectivity index (χ1) is 9.13. The van der Waals surface area contributed by atoms with Gasteiger partial charge in [-0.1, -0.05) is 0 Å². The molecule has 0 saturated heterocycles. The second-order valence-corrected chi connectivity index (χ2v) is 4.45. The number of hydrogen-bond acceptors (Lipinski definition) is 5. The summed E-state index contributed by atoms with van der Waals surface area (Å²) in [6, 6.07) is 3.65. The number of benzene rings is 1. The molecule has 1 aromatic carbocycles. The number of rotatable bonds is 2. The minimum Gasteiger partial charge on any atom is -0.493 e. The Bertz CT molecular complexity index is 837. The molecule has 2 heterocycles. The summed E-state index contributed by atoms with van der Waals surface area (Å²) in [6.07, 6.45) is 0. The first kappa shape index (κ1) is 11.9. The van der Waals surface area contributed by atoms with Gasteiger partial charge in [-0.15, -0.1) is 0 Å². The van der Waals surface area contributed by atoms with Gasteiger partial charge in [0.05, 0.1) is 19.7 Å². The summed E-state index contributed by atoms with van der Waals surface area (Å²) in [5.74, 6) is 2.03. The lowest BCUT2D eigenvalue weighted by atomic mass is 10.2. The van der Waals surface area contributed by atoms with E-state index in [1.54, 1.807) is 24.8 Å². The van der Waals surface area contributed by atoms with Crippen LogP contribution in [-0.2, 0) is 0 Å². The molecule has 0 aliphatic rings. The van der Waals surface area contributed by atoms with Crippen LogP contribution in [0.2, 0.25) is 0 Å². The average Bonchev–Trinajstić information content (AvgIpc) is 2.80. The number of nitrogens with one attached hydrogen (secondary N) is 1. The minimum atomic E-state index is 0.426. The predicted molar refractivity (Wildman–Crippen MR) is 73.5 cm³/mol. The fourth-order valence-corrected chi connectivity index (χ4v) is 2.29. The molecule has 0 aliphatic carbocycles. The Labute approximate surface area is 114 Å². The van der Waals surface area contributed by atoms with Crippen molar-refractivity contribution in [2.24, 2.45) is 0 Å². The molecular formula is C12H12N4O2S. The van der Waals surface area contributed by atoms with Crippen LogP contribution in [0.15, 0.2) is 12.1 Å². The Morgan fingerprint density at radius 1 is 1.16 bits per heavy atom. The number of H-pyrrole nitrogens is 1. The van der Waals surface area contributed by atoms with E-state index in [0.29, 0.717) is 16.3 Å². The molecule has 0 bridgehead atoms. The monoisotopic (exact) mass is 276 g/mol.